The number of hydrogen-bond donors (Lipinski definition) is 2. The number of aromatic amines is 1. The number of halogens is 3. The summed E-state index contributed by atoms with van der Waals surface area (Å²) in [5.41, 5.74) is 2.43. The average molecular weight is 384 g/mol. The molecular weight excluding hydrogens is 369 g/mol. The SMILES string of the molecule is COc1ccc(-c2cc3ccnnc3[nH]2)cc1Nc1cccc(C(F)(F)F)c1. The van der Waals surface area contributed by atoms with Gasteiger partial charge in [0.25, 0.3) is 0 Å². The molecule has 28 heavy (non-hydrogen) atoms. The summed E-state index contributed by atoms with van der Waals surface area (Å²) in [6.07, 6.45) is -2.80. The van der Waals surface area contributed by atoms with Crippen LogP contribution in [0.4, 0.5) is 24.5 Å². The van der Waals surface area contributed by atoms with E-state index in [1.54, 1.807) is 24.4 Å². The molecule has 5 nitrogen and oxygen atoms in total. The molecule has 2 aromatic carbocycles. The molecule has 0 fully saturated rings. The number of rotatable bonds is 4. The maximum absolute atomic E-state index is 13.0. The molecule has 4 aromatic rings. The van der Waals surface area contributed by atoms with Crippen LogP contribution in [0.15, 0.2) is 60.8 Å². The molecule has 2 N–H and O–H groups in total. The molecule has 0 aliphatic heterocycles. The van der Waals surface area contributed by atoms with Gasteiger partial charge in [0.05, 0.1) is 24.6 Å². The van der Waals surface area contributed by atoms with Gasteiger partial charge < -0.3 is 15.0 Å². The lowest BCUT2D eigenvalue weighted by atomic mass is 10.1. The van der Waals surface area contributed by atoms with E-state index >= 15 is 0 Å². The van der Waals surface area contributed by atoms with Gasteiger partial charge in [-0.2, -0.15) is 18.3 Å². The molecule has 0 aliphatic rings. The summed E-state index contributed by atoms with van der Waals surface area (Å²) >= 11 is 0. The molecule has 142 valence electrons. The number of anilines is 2. The van der Waals surface area contributed by atoms with E-state index in [1.165, 1.54) is 13.2 Å². The standard InChI is InChI=1S/C20H15F3N4O/c1-28-18-6-5-12(16-10-13-7-8-24-27-19(13)26-16)9-17(18)25-15-4-2-3-14(11-15)20(21,22)23/h2-11,25H,1H3,(H,26,27). The Bertz CT molecular complexity index is 1100. The van der Waals surface area contributed by atoms with Crippen LogP contribution in [0.3, 0.4) is 0 Å². The van der Waals surface area contributed by atoms with Crippen molar-refractivity contribution in [2.24, 2.45) is 0 Å². The number of nitrogens with zero attached hydrogens (tertiary/aromatic N) is 2. The lowest BCUT2D eigenvalue weighted by Gasteiger charge is -2.14. The Labute approximate surface area is 158 Å². The number of hydrogen-bond acceptors (Lipinski definition) is 4. The Morgan fingerprint density at radius 1 is 1.04 bits per heavy atom. The fraction of sp³-hybridized carbons (Fsp3) is 0.100. The first kappa shape index (κ1) is 17.8. The summed E-state index contributed by atoms with van der Waals surface area (Å²) in [5.74, 6) is 0.511. The van der Waals surface area contributed by atoms with E-state index in [-0.39, 0.29) is 0 Å². The van der Waals surface area contributed by atoms with Crippen molar-refractivity contribution in [1.29, 1.82) is 0 Å². The number of H-pyrrole nitrogens is 1. The second-order valence-corrected chi connectivity index (χ2v) is 6.14. The predicted molar refractivity (Wildman–Crippen MR) is 101 cm³/mol. The van der Waals surface area contributed by atoms with E-state index in [0.717, 1.165) is 28.8 Å². The van der Waals surface area contributed by atoms with Crippen molar-refractivity contribution >= 4 is 22.4 Å². The average Bonchev–Trinajstić information content (AvgIpc) is 3.12. The van der Waals surface area contributed by atoms with Crippen molar-refractivity contribution in [2.75, 3.05) is 12.4 Å². The Hall–Kier alpha value is -3.55. The number of aromatic nitrogens is 3. The zero-order chi connectivity index (χ0) is 19.7. The van der Waals surface area contributed by atoms with Gasteiger partial charge in [-0.1, -0.05) is 6.07 Å². The third-order valence-electron chi connectivity index (χ3n) is 4.28. The molecule has 8 heteroatoms. The highest BCUT2D eigenvalue weighted by Gasteiger charge is 2.30. The van der Waals surface area contributed by atoms with Crippen LogP contribution in [0.1, 0.15) is 5.56 Å². The van der Waals surface area contributed by atoms with E-state index < -0.39 is 11.7 Å². The Morgan fingerprint density at radius 3 is 2.64 bits per heavy atom. The molecule has 0 bridgehead atoms. The molecule has 0 unspecified atom stereocenters. The molecule has 2 aromatic heterocycles. The third kappa shape index (κ3) is 3.48. The topological polar surface area (TPSA) is 62.8 Å². The van der Waals surface area contributed by atoms with Crippen LogP contribution in [0.25, 0.3) is 22.3 Å². The minimum atomic E-state index is -4.41. The summed E-state index contributed by atoms with van der Waals surface area (Å²) in [5, 5.41) is 11.8. The Kier molecular flexibility index (Phi) is 4.38. The van der Waals surface area contributed by atoms with Gasteiger partial charge in [-0.15, -0.1) is 5.10 Å². The van der Waals surface area contributed by atoms with Crippen LogP contribution in [-0.2, 0) is 6.18 Å². The van der Waals surface area contributed by atoms with Crippen molar-refractivity contribution in [3.8, 4) is 17.0 Å². The summed E-state index contributed by atoms with van der Waals surface area (Å²) in [4.78, 5) is 3.18. The Morgan fingerprint density at radius 2 is 1.89 bits per heavy atom. The van der Waals surface area contributed by atoms with Crippen molar-refractivity contribution in [1.82, 2.24) is 15.2 Å². The van der Waals surface area contributed by atoms with Gasteiger partial charge in [0.15, 0.2) is 5.65 Å². The van der Waals surface area contributed by atoms with Crippen molar-refractivity contribution in [3.05, 3.63) is 66.4 Å². The fourth-order valence-corrected chi connectivity index (χ4v) is 2.93. The molecule has 0 atom stereocenters. The Balaban J connectivity index is 1.71. The number of ether oxygens (including phenoxy) is 1. The second kappa shape index (κ2) is 6.88. The van der Waals surface area contributed by atoms with Crippen LogP contribution in [0.5, 0.6) is 5.75 Å². The van der Waals surface area contributed by atoms with Gasteiger partial charge in [-0.05, 0) is 48.5 Å². The minimum Gasteiger partial charge on any atom is -0.495 e. The first-order valence-electron chi connectivity index (χ1n) is 8.37. The largest absolute Gasteiger partial charge is 0.495 e. The van der Waals surface area contributed by atoms with Crippen LogP contribution in [0.2, 0.25) is 0 Å². The van der Waals surface area contributed by atoms with Gasteiger partial charge in [0.1, 0.15) is 5.75 Å². The molecule has 2 heterocycles. The third-order valence-corrected chi connectivity index (χ3v) is 4.28. The second-order valence-electron chi connectivity index (χ2n) is 6.14. The molecule has 0 aliphatic carbocycles. The first-order chi connectivity index (χ1) is 13.4. The van der Waals surface area contributed by atoms with E-state index in [9.17, 15) is 13.2 Å². The van der Waals surface area contributed by atoms with E-state index in [2.05, 4.69) is 20.5 Å². The molecule has 0 saturated heterocycles. The molecule has 0 saturated carbocycles. The van der Waals surface area contributed by atoms with Crippen LogP contribution in [0, 0.1) is 0 Å². The monoisotopic (exact) mass is 384 g/mol. The molecule has 0 amide bonds. The number of benzene rings is 2. The highest BCUT2D eigenvalue weighted by molar-refractivity contribution is 5.84. The number of nitrogens with one attached hydrogen (secondary N) is 2. The summed E-state index contributed by atoms with van der Waals surface area (Å²) in [7, 11) is 1.50. The summed E-state index contributed by atoms with van der Waals surface area (Å²) < 4.78 is 44.3. The highest BCUT2D eigenvalue weighted by atomic mass is 19.4. The molecule has 0 radical (unpaired) electrons. The predicted octanol–water partition coefficient (Wildman–Crippen LogP) is 5.40. The normalized spacial score (nSPS) is 11.6. The van der Waals surface area contributed by atoms with E-state index in [1.807, 2.05) is 18.2 Å². The number of alkyl halides is 3. The maximum atomic E-state index is 13.0. The quantitative estimate of drug-likeness (QED) is 0.495. The van der Waals surface area contributed by atoms with Gasteiger partial charge >= 0.3 is 6.18 Å². The van der Waals surface area contributed by atoms with Crippen LogP contribution < -0.4 is 10.1 Å². The van der Waals surface area contributed by atoms with Gasteiger partial charge in [0, 0.05) is 22.3 Å². The number of methoxy groups -OCH3 is 1. The van der Waals surface area contributed by atoms with E-state index in [0.29, 0.717) is 22.8 Å². The number of fused-ring (bicyclic) bond motifs is 1. The van der Waals surface area contributed by atoms with Crippen LogP contribution in [-0.4, -0.2) is 22.3 Å². The fourth-order valence-electron chi connectivity index (χ4n) is 2.93. The molecule has 0 spiro atoms. The van der Waals surface area contributed by atoms with Crippen molar-refractivity contribution in [2.45, 2.75) is 6.18 Å². The lowest BCUT2D eigenvalue weighted by Crippen LogP contribution is -2.05. The zero-order valence-electron chi connectivity index (χ0n) is 14.7. The summed E-state index contributed by atoms with van der Waals surface area (Å²) in [6, 6.07) is 14.2. The zero-order valence-corrected chi connectivity index (χ0v) is 14.7. The van der Waals surface area contributed by atoms with Crippen LogP contribution >= 0.6 is 0 Å². The molecular formula is C20H15F3N4O. The van der Waals surface area contributed by atoms with Crippen molar-refractivity contribution in [3.63, 3.8) is 0 Å². The minimum absolute atomic E-state index is 0.313. The smallest absolute Gasteiger partial charge is 0.416 e. The van der Waals surface area contributed by atoms with E-state index in [4.69, 9.17) is 4.74 Å². The van der Waals surface area contributed by atoms with Gasteiger partial charge in [0.2, 0.25) is 0 Å². The van der Waals surface area contributed by atoms with Crippen molar-refractivity contribution < 1.29 is 17.9 Å². The summed E-state index contributed by atoms with van der Waals surface area (Å²) in [6.45, 7) is 0. The maximum Gasteiger partial charge on any atom is 0.416 e. The van der Waals surface area contributed by atoms with Gasteiger partial charge in [-0.25, -0.2) is 0 Å². The molecule has 4 rings (SSSR count). The lowest BCUT2D eigenvalue weighted by molar-refractivity contribution is -0.137. The first-order valence-corrected chi connectivity index (χ1v) is 8.37. The van der Waals surface area contributed by atoms with Gasteiger partial charge in [-0.3, -0.25) is 0 Å². The highest BCUT2D eigenvalue weighted by Crippen LogP contribution is 2.35.